The van der Waals surface area contributed by atoms with Crippen LogP contribution in [-0.4, -0.2) is 12.1 Å². The predicted molar refractivity (Wildman–Crippen MR) is 49.5 cm³/mol. The van der Waals surface area contributed by atoms with Crippen molar-refractivity contribution < 1.29 is 13.5 Å². The van der Waals surface area contributed by atoms with E-state index in [0.717, 1.165) is 0 Å². The molecule has 80 valence electrons. The third-order valence-corrected chi connectivity index (χ3v) is 1.82. The van der Waals surface area contributed by atoms with Gasteiger partial charge in [-0.15, -0.1) is 0 Å². The minimum absolute atomic E-state index is 0.0126. The molecule has 4 nitrogen and oxygen atoms in total. The average Bonchev–Trinajstić information content (AvgIpc) is 2.20. The molecule has 0 saturated carbocycles. The molecule has 0 bridgehead atoms. The van der Waals surface area contributed by atoms with Crippen LogP contribution in [0.2, 0.25) is 0 Å². The maximum absolute atomic E-state index is 12.4. The largest absolute Gasteiger partial charge is 0.495 e. The maximum atomic E-state index is 12.4. The third kappa shape index (κ3) is 2.31. The number of nitriles is 1. The molecule has 1 aromatic rings. The fraction of sp³-hybridized carbons (Fsp3) is 0.333. The van der Waals surface area contributed by atoms with Gasteiger partial charge in [0.1, 0.15) is 11.6 Å². The lowest BCUT2D eigenvalue weighted by molar-refractivity contribution is 0.141. The number of aromatic nitrogens is 1. The van der Waals surface area contributed by atoms with Gasteiger partial charge in [0.05, 0.1) is 19.6 Å². The lowest BCUT2D eigenvalue weighted by Gasteiger charge is -2.09. The van der Waals surface area contributed by atoms with E-state index in [1.54, 1.807) is 0 Å². The van der Waals surface area contributed by atoms with Crippen molar-refractivity contribution in [2.45, 2.75) is 12.8 Å². The van der Waals surface area contributed by atoms with Gasteiger partial charge in [-0.25, -0.2) is 13.8 Å². The Bertz CT molecular complexity index is 401. The molecule has 0 unspecified atom stereocenters. The molecule has 0 spiro atoms. The molecular formula is C9H9F2N3O. The van der Waals surface area contributed by atoms with Crippen molar-refractivity contribution in [1.82, 2.24) is 4.98 Å². The van der Waals surface area contributed by atoms with E-state index in [1.807, 2.05) is 6.07 Å². The van der Waals surface area contributed by atoms with Gasteiger partial charge < -0.3 is 10.5 Å². The molecule has 2 N–H and O–H groups in total. The lowest BCUT2D eigenvalue weighted by atomic mass is 10.1. The van der Waals surface area contributed by atoms with Gasteiger partial charge in [0.25, 0.3) is 6.43 Å². The van der Waals surface area contributed by atoms with Gasteiger partial charge in [-0.3, -0.25) is 0 Å². The summed E-state index contributed by atoms with van der Waals surface area (Å²) in [5.41, 5.74) is 5.30. The first-order valence-corrected chi connectivity index (χ1v) is 4.08. The Kier molecular flexibility index (Phi) is 3.39. The predicted octanol–water partition coefficient (Wildman–Crippen LogP) is 1.68. The van der Waals surface area contributed by atoms with Crippen LogP contribution in [0, 0.1) is 11.3 Å². The third-order valence-electron chi connectivity index (χ3n) is 1.82. The van der Waals surface area contributed by atoms with Crippen molar-refractivity contribution in [3.63, 3.8) is 0 Å². The number of pyridine rings is 1. The fourth-order valence-electron chi connectivity index (χ4n) is 1.11. The minimum Gasteiger partial charge on any atom is -0.495 e. The molecule has 0 aliphatic heterocycles. The van der Waals surface area contributed by atoms with E-state index < -0.39 is 12.1 Å². The van der Waals surface area contributed by atoms with Crippen LogP contribution >= 0.6 is 0 Å². The lowest BCUT2D eigenvalue weighted by Crippen LogP contribution is -2.04. The minimum atomic E-state index is -2.75. The van der Waals surface area contributed by atoms with Crippen molar-refractivity contribution in [2.75, 3.05) is 12.8 Å². The SMILES string of the molecule is COc1cc(CC#N)c(N)nc1C(F)F. The molecule has 1 heterocycles. The first-order chi connectivity index (χ1) is 7.10. The number of ether oxygens (including phenoxy) is 1. The van der Waals surface area contributed by atoms with Crippen molar-refractivity contribution in [2.24, 2.45) is 0 Å². The number of nitrogens with zero attached hydrogens (tertiary/aromatic N) is 2. The molecular weight excluding hydrogens is 204 g/mol. The van der Waals surface area contributed by atoms with Gasteiger partial charge in [-0.1, -0.05) is 0 Å². The summed E-state index contributed by atoms with van der Waals surface area (Å²) in [6.07, 6.45) is -2.74. The number of hydrogen-bond acceptors (Lipinski definition) is 4. The van der Waals surface area contributed by atoms with E-state index in [4.69, 9.17) is 15.7 Å². The van der Waals surface area contributed by atoms with Gasteiger partial charge in [0, 0.05) is 5.56 Å². The quantitative estimate of drug-likeness (QED) is 0.828. The fourth-order valence-corrected chi connectivity index (χ4v) is 1.11. The average molecular weight is 213 g/mol. The number of nitrogens with two attached hydrogens (primary N) is 1. The van der Waals surface area contributed by atoms with Crippen LogP contribution in [-0.2, 0) is 6.42 Å². The van der Waals surface area contributed by atoms with Gasteiger partial charge in [-0.2, -0.15) is 5.26 Å². The van der Waals surface area contributed by atoms with E-state index in [2.05, 4.69) is 4.98 Å². The first-order valence-electron chi connectivity index (χ1n) is 4.08. The van der Waals surface area contributed by atoms with Gasteiger partial charge in [0.2, 0.25) is 0 Å². The van der Waals surface area contributed by atoms with Crippen LogP contribution in [0.5, 0.6) is 5.75 Å². The highest BCUT2D eigenvalue weighted by Crippen LogP contribution is 2.29. The molecule has 0 aliphatic rings. The van der Waals surface area contributed by atoms with E-state index in [9.17, 15) is 8.78 Å². The second kappa shape index (κ2) is 4.55. The summed E-state index contributed by atoms with van der Waals surface area (Å²) < 4.78 is 29.6. The first kappa shape index (κ1) is 11.2. The zero-order valence-electron chi connectivity index (χ0n) is 8.00. The van der Waals surface area contributed by atoms with Crippen LogP contribution in [0.25, 0.3) is 0 Å². The summed E-state index contributed by atoms with van der Waals surface area (Å²) >= 11 is 0. The maximum Gasteiger partial charge on any atom is 0.284 e. The topological polar surface area (TPSA) is 71.9 Å². The summed E-state index contributed by atoms with van der Waals surface area (Å²) in [7, 11) is 1.26. The summed E-state index contributed by atoms with van der Waals surface area (Å²) in [5.74, 6) is -0.114. The Morgan fingerprint density at radius 1 is 1.67 bits per heavy atom. The van der Waals surface area contributed by atoms with Crippen molar-refractivity contribution >= 4 is 5.82 Å². The molecule has 0 atom stereocenters. The molecule has 1 aromatic heterocycles. The van der Waals surface area contributed by atoms with Crippen LogP contribution < -0.4 is 10.5 Å². The summed E-state index contributed by atoms with van der Waals surface area (Å²) in [6.45, 7) is 0. The molecule has 0 aromatic carbocycles. The van der Waals surface area contributed by atoms with Gasteiger partial charge >= 0.3 is 0 Å². The van der Waals surface area contributed by atoms with Crippen LogP contribution in [0.3, 0.4) is 0 Å². The number of halogens is 2. The summed E-state index contributed by atoms with van der Waals surface area (Å²) in [4.78, 5) is 3.51. The smallest absolute Gasteiger partial charge is 0.284 e. The number of nitrogen functional groups attached to an aromatic ring is 1. The van der Waals surface area contributed by atoms with Crippen molar-refractivity contribution in [1.29, 1.82) is 5.26 Å². The Morgan fingerprint density at radius 2 is 2.33 bits per heavy atom. The van der Waals surface area contributed by atoms with E-state index in [1.165, 1.54) is 13.2 Å². The molecule has 0 amide bonds. The highest BCUT2D eigenvalue weighted by molar-refractivity contribution is 5.48. The Labute approximate surface area is 85.3 Å². The Hall–Kier alpha value is -1.90. The molecule has 6 heteroatoms. The van der Waals surface area contributed by atoms with Crippen LogP contribution in [0.1, 0.15) is 17.7 Å². The van der Waals surface area contributed by atoms with Crippen molar-refractivity contribution in [3.05, 3.63) is 17.3 Å². The molecule has 15 heavy (non-hydrogen) atoms. The van der Waals surface area contributed by atoms with E-state index in [-0.39, 0.29) is 18.0 Å². The molecule has 1 rings (SSSR count). The van der Waals surface area contributed by atoms with Gasteiger partial charge in [-0.05, 0) is 6.07 Å². The molecule has 0 aliphatic carbocycles. The number of rotatable bonds is 3. The Balaban J connectivity index is 3.24. The number of anilines is 1. The summed E-state index contributed by atoms with van der Waals surface area (Å²) in [5, 5.41) is 8.46. The highest BCUT2D eigenvalue weighted by Gasteiger charge is 2.18. The summed E-state index contributed by atoms with van der Waals surface area (Å²) in [6, 6.07) is 3.17. The zero-order chi connectivity index (χ0) is 11.4. The number of methoxy groups -OCH3 is 1. The number of hydrogen-bond donors (Lipinski definition) is 1. The molecule has 0 saturated heterocycles. The van der Waals surface area contributed by atoms with Crippen LogP contribution in [0.4, 0.5) is 14.6 Å². The standard InChI is InChI=1S/C9H9F2N3O/c1-15-6-4-5(2-3-12)9(13)14-7(6)8(10)11/h4,8H,2H2,1H3,(H2,13,14). The van der Waals surface area contributed by atoms with Gasteiger partial charge in [0.15, 0.2) is 5.69 Å². The van der Waals surface area contributed by atoms with E-state index in [0.29, 0.717) is 5.56 Å². The molecule has 0 fully saturated rings. The second-order valence-electron chi connectivity index (χ2n) is 2.76. The van der Waals surface area contributed by atoms with E-state index >= 15 is 0 Å². The zero-order valence-corrected chi connectivity index (χ0v) is 8.00. The normalized spacial score (nSPS) is 10.1. The number of alkyl halides is 2. The monoisotopic (exact) mass is 213 g/mol. The highest BCUT2D eigenvalue weighted by atomic mass is 19.3. The van der Waals surface area contributed by atoms with Crippen molar-refractivity contribution in [3.8, 4) is 11.8 Å². The van der Waals surface area contributed by atoms with Crippen LogP contribution in [0.15, 0.2) is 6.07 Å². The Morgan fingerprint density at radius 3 is 2.80 bits per heavy atom. The second-order valence-corrected chi connectivity index (χ2v) is 2.76. The molecule has 0 radical (unpaired) electrons.